The zero-order chi connectivity index (χ0) is 17.7. The van der Waals surface area contributed by atoms with Crippen molar-refractivity contribution in [2.75, 3.05) is 31.7 Å². The van der Waals surface area contributed by atoms with E-state index < -0.39 is 9.84 Å². The van der Waals surface area contributed by atoms with Crippen molar-refractivity contribution in [1.82, 2.24) is 10.2 Å². The quantitative estimate of drug-likeness (QED) is 0.801. The molecule has 2 rings (SSSR count). The maximum Gasteiger partial charge on any atom is 0.251 e. The fourth-order valence-corrected chi connectivity index (χ4v) is 4.51. The molecular weight excluding hydrogens is 332 g/mol. The van der Waals surface area contributed by atoms with Gasteiger partial charge in [-0.25, -0.2) is 8.42 Å². The first kappa shape index (κ1) is 18.3. The van der Waals surface area contributed by atoms with Crippen LogP contribution in [0.15, 0.2) is 24.3 Å². The first-order valence-electron chi connectivity index (χ1n) is 7.72. The highest BCUT2D eigenvalue weighted by Crippen LogP contribution is 2.17. The van der Waals surface area contributed by atoms with Gasteiger partial charge < -0.3 is 15.0 Å². The SMILES string of the molecule is COc1cccc(C(=O)NCCN(C(C)=O)C2CCS(=O)(=O)C2)c1. The number of amides is 2. The summed E-state index contributed by atoms with van der Waals surface area (Å²) in [6, 6.07) is 6.46. The van der Waals surface area contributed by atoms with Crippen LogP contribution < -0.4 is 10.1 Å². The second-order valence-electron chi connectivity index (χ2n) is 5.76. The Hall–Kier alpha value is -2.09. The Labute approximate surface area is 141 Å². The Bertz CT molecular complexity index is 717. The number of methoxy groups -OCH3 is 1. The third-order valence-electron chi connectivity index (χ3n) is 4.02. The second-order valence-corrected chi connectivity index (χ2v) is 7.99. The predicted octanol–water partition coefficient (Wildman–Crippen LogP) is 0.461. The van der Waals surface area contributed by atoms with Gasteiger partial charge in [-0.2, -0.15) is 0 Å². The fourth-order valence-electron chi connectivity index (χ4n) is 2.77. The fraction of sp³-hybridized carbons (Fsp3) is 0.500. The van der Waals surface area contributed by atoms with Gasteiger partial charge in [-0.05, 0) is 24.6 Å². The summed E-state index contributed by atoms with van der Waals surface area (Å²) in [4.78, 5) is 25.4. The van der Waals surface area contributed by atoms with Gasteiger partial charge in [0, 0.05) is 31.6 Å². The van der Waals surface area contributed by atoms with Gasteiger partial charge in [-0.15, -0.1) is 0 Å². The van der Waals surface area contributed by atoms with E-state index in [-0.39, 0.29) is 42.5 Å². The van der Waals surface area contributed by atoms with Crippen molar-refractivity contribution in [2.45, 2.75) is 19.4 Å². The zero-order valence-corrected chi connectivity index (χ0v) is 14.6. The minimum Gasteiger partial charge on any atom is -0.497 e. The lowest BCUT2D eigenvalue weighted by Gasteiger charge is -2.27. The number of carbonyl (C=O) groups excluding carboxylic acids is 2. The Kier molecular flexibility index (Phi) is 5.82. The molecule has 132 valence electrons. The number of hydrogen-bond donors (Lipinski definition) is 1. The van der Waals surface area contributed by atoms with Crippen molar-refractivity contribution in [2.24, 2.45) is 0 Å². The summed E-state index contributed by atoms with van der Waals surface area (Å²) in [5.41, 5.74) is 0.465. The van der Waals surface area contributed by atoms with Crippen LogP contribution in [0.2, 0.25) is 0 Å². The molecule has 1 heterocycles. The molecular formula is C16H22N2O5S. The molecule has 24 heavy (non-hydrogen) atoms. The Morgan fingerprint density at radius 1 is 1.38 bits per heavy atom. The van der Waals surface area contributed by atoms with Crippen molar-refractivity contribution >= 4 is 21.7 Å². The van der Waals surface area contributed by atoms with E-state index in [1.807, 2.05) is 0 Å². The van der Waals surface area contributed by atoms with Crippen molar-refractivity contribution in [3.63, 3.8) is 0 Å². The number of nitrogens with one attached hydrogen (secondary N) is 1. The molecule has 0 aliphatic carbocycles. The summed E-state index contributed by atoms with van der Waals surface area (Å²) in [6.07, 6.45) is 0.450. The van der Waals surface area contributed by atoms with E-state index in [4.69, 9.17) is 4.74 Å². The van der Waals surface area contributed by atoms with Gasteiger partial charge >= 0.3 is 0 Å². The number of nitrogens with zero attached hydrogens (tertiary/aromatic N) is 1. The van der Waals surface area contributed by atoms with Crippen LogP contribution in [-0.4, -0.2) is 62.9 Å². The van der Waals surface area contributed by atoms with Crippen molar-refractivity contribution in [1.29, 1.82) is 0 Å². The molecule has 1 atom stereocenters. The van der Waals surface area contributed by atoms with Gasteiger partial charge in [0.15, 0.2) is 9.84 Å². The molecule has 8 heteroatoms. The molecule has 0 bridgehead atoms. The summed E-state index contributed by atoms with van der Waals surface area (Å²) < 4.78 is 28.2. The van der Waals surface area contributed by atoms with Gasteiger partial charge in [0.25, 0.3) is 5.91 Å². The first-order chi connectivity index (χ1) is 11.3. The standard InChI is InChI=1S/C16H22N2O5S/c1-12(19)18(14-6-9-24(21,22)11-14)8-7-17-16(20)13-4-3-5-15(10-13)23-2/h3-5,10,14H,6-9,11H2,1-2H3,(H,17,20). The van der Waals surface area contributed by atoms with E-state index in [1.54, 1.807) is 24.3 Å². The molecule has 1 fully saturated rings. The van der Waals surface area contributed by atoms with Gasteiger partial charge in [0.05, 0.1) is 18.6 Å². The van der Waals surface area contributed by atoms with Crippen LogP contribution in [0.1, 0.15) is 23.7 Å². The third kappa shape index (κ3) is 4.70. The number of rotatable bonds is 6. The maximum atomic E-state index is 12.1. The molecule has 2 amide bonds. The number of sulfone groups is 1. The molecule has 1 N–H and O–H groups in total. The van der Waals surface area contributed by atoms with Crippen LogP contribution in [-0.2, 0) is 14.6 Å². The summed E-state index contributed by atoms with van der Waals surface area (Å²) in [7, 11) is -1.54. The molecule has 7 nitrogen and oxygen atoms in total. The Morgan fingerprint density at radius 3 is 2.71 bits per heavy atom. The van der Waals surface area contributed by atoms with Crippen LogP contribution in [0.3, 0.4) is 0 Å². The van der Waals surface area contributed by atoms with Gasteiger partial charge in [-0.3, -0.25) is 9.59 Å². The molecule has 1 unspecified atom stereocenters. The number of hydrogen-bond acceptors (Lipinski definition) is 5. The number of ether oxygens (including phenoxy) is 1. The number of carbonyl (C=O) groups is 2. The minimum absolute atomic E-state index is 0.00356. The average Bonchev–Trinajstić information content (AvgIpc) is 2.90. The summed E-state index contributed by atoms with van der Waals surface area (Å²) in [6.45, 7) is 1.95. The van der Waals surface area contributed by atoms with Crippen molar-refractivity contribution in [3.05, 3.63) is 29.8 Å². The topological polar surface area (TPSA) is 92.8 Å². The largest absolute Gasteiger partial charge is 0.497 e. The van der Waals surface area contributed by atoms with E-state index in [1.165, 1.54) is 18.9 Å². The summed E-state index contributed by atoms with van der Waals surface area (Å²) >= 11 is 0. The van der Waals surface area contributed by atoms with Crippen LogP contribution >= 0.6 is 0 Å². The molecule has 0 aromatic heterocycles. The third-order valence-corrected chi connectivity index (χ3v) is 5.77. The lowest BCUT2D eigenvalue weighted by Crippen LogP contribution is -2.44. The molecule has 1 saturated heterocycles. The van der Waals surface area contributed by atoms with E-state index in [9.17, 15) is 18.0 Å². The monoisotopic (exact) mass is 354 g/mol. The molecule has 1 aliphatic heterocycles. The number of benzene rings is 1. The molecule has 0 saturated carbocycles. The van der Waals surface area contributed by atoms with Crippen molar-refractivity contribution < 1.29 is 22.7 Å². The molecule has 1 aromatic carbocycles. The smallest absolute Gasteiger partial charge is 0.251 e. The average molecular weight is 354 g/mol. The molecule has 0 radical (unpaired) electrons. The molecule has 0 spiro atoms. The molecule has 1 aliphatic rings. The Morgan fingerprint density at radius 2 is 2.12 bits per heavy atom. The highest BCUT2D eigenvalue weighted by Gasteiger charge is 2.33. The summed E-state index contributed by atoms with van der Waals surface area (Å²) in [5.74, 6) is 0.238. The normalized spacial score (nSPS) is 18.8. The van der Waals surface area contributed by atoms with Gasteiger partial charge in [-0.1, -0.05) is 6.07 Å². The zero-order valence-electron chi connectivity index (χ0n) is 13.8. The summed E-state index contributed by atoms with van der Waals surface area (Å²) in [5, 5.41) is 2.74. The Balaban J connectivity index is 1.91. The van der Waals surface area contributed by atoms with Crippen LogP contribution in [0.25, 0.3) is 0 Å². The van der Waals surface area contributed by atoms with Crippen LogP contribution in [0.4, 0.5) is 0 Å². The van der Waals surface area contributed by atoms with E-state index in [0.717, 1.165) is 0 Å². The van der Waals surface area contributed by atoms with E-state index >= 15 is 0 Å². The highest BCUT2D eigenvalue weighted by molar-refractivity contribution is 7.91. The minimum atomic E-state index is -3.06. The first-order valence-corrected chi connectivity index (χ1v) is 9.54. The van der Waals surface area contributed by atoms with Gasteiger partial charge in [0.2, 0.25) is 5.91 Å². The highest BCUT2D eigenvalue weighted by atomic mass is 32.2. The van der Waals surface area contributed by atoms with Crippen LogP contribution in [0.5, 0.6) is 5.75 Å². The second kappa shape index (κ2) is 7.65. The van der Waals surface area contributed by atoms with Crippen molar-refractivity contribution in [3.8, 4) is 5.75 Å². The lowest BCUT2D eigenvalue weighted by molar-refractivity contribution is -0.130. The predicted molar refractivity (Wildman–Crippen MR) is 89.8 cm³/mol. The molecule has 1 aromatic rings. The maximum absolute atomic E-state index is 12.1. The van der Waals surface area contributed by atoms with E-state index in [0.29, 0.717) is 17.7 Å². The van der Waals surface area contributed by atoms with Crippen LogP contribution in [0, 0.1) is 0 Å². The van der Waals surface area contributed by atoms with E-state index in [2.05, 4.69) is 5.32 Å². The van der Waals surface area contributed by atoms with Gasteiger partial charge in [0.1, 0.15) is 5.75 Å². The lowest BCUT2D eigenvalue weighted by atomic mass is 10.2.